The van der Waals surface area contributed by atoms with Gasteiger partial charge in [-0.15, -0.1) is 0 Å². The first-order valence-electron chi connectivity index (χ1n) is 11.1. The van der Waals surface area contributed by atoms with Crippen molar-refractivity contribution < 1.29 is 14.3 Å². The van der Waals surface area contributed by atoms with E-state index in [1.807, 2.05) is 0 Å². The van der Waals surface area contributed by atoms with E-state index in [-0.39, 0.29) is 11.8 Å². The summed E-state index contributed by atoms with van der Waals surface area (Å²) >= 11 is 0. The number of piperidine rings is 1. The zero-order chi connectivity index (χ0) is 20.7. The summed E-state index contributed by atoms with van der Waals surface area (Å²) in [5.41, 5.74) is 2.72. The molecule has 1 aromatic carbocycles. The van der Waals surface area contributed by atoms with Crippen molar-refractivity contribution in [3.05, 3.63) is 35.4 Å². The predicted molar refractivity (Wildman–Crippen MR) is 115 cm³/mol. The largest absolute Gasteiger partial charge is 0.383 e. The SMILES string of the molecule is COCCNC(=O)CC1CCC2(CC1)CCN(C(=O)Cc1ccc(C)cc1)CC2. The Hall–Kier alpha value is -1.88. The normalized spacial score (nSPS) is 19.3. The van der Waals surface area contributed by atoms with Gasteiger partial charge in [-0.25, -0.2) is 0 Å². The Morgan fingerprint density at radius 1 is 1.10 bits per heavy atom. The summed E-state index contributed by atoms with van der Waals surface area (Å²) in [5, 5.41) is 2.94. The number of likely N-dealkylation sites (tertiary alicyclic amines) is 1. The highest BCUT2D eigenvalue weighted by atomic mass is 16.5. The van der Waals surface area contributed by atoms with Crippen LogP contribution in [0.1, 0.15) is 56.1 Å². The molecule has 160 valence electrons. The third-order valence-electron chi connectivity index (χ3n) is 6.92. The van der Waals surface area contributed by atoms with Gasteiger partial charge in [-0.05, 0) is 62.3 Å². The molecule has 0 atom stereocenters. The Labute approximate surface area is 175 Å². The van der Waals surface area contributed by atoms with Crippen molar-refractivity contribution in [1.82, 2.24) is 10.2 Å². The van der Waals surface area contributed by atoms with Crippen molar-refractivity contribution >= 4 is 11.8 Å². The number of hydrogen-bond donors (Lipinski definition) is 1. The minimum Gasteiger partial charge on any atom is -0.383 e. The van der Waals surface area contributed by atoms with Gasteiger partial charge in [0.15, 0.2) is 0 Å². The number of carbonyl (C=O) groups excluding carboxylic acids is 2. The maximum Gasteiger partial charge on any atom is 0.226 e. The molecule has 1 saturated carbocycles. The molecule has 1 heterocycles. The van der Waals surface area contributed by atoms with Gasteiger partial charge in [-0.2, -0.15) is 0 Å². The van der Waals surface area contributed by atoms with Crippen molar-refractivity contribution in [1.29, 1.82) is 0 Å². The van der Waals surface area contributed by atoms with E-state index in [9.17, 15) is 9.59 Å². The molecule has 1 aliphatic heterocycles. The molecule has 2 amide bonds. The zero-order valence-electron chi connectivity index (χ0n) is 18.0. The van der Waals surface area contributed by atoms with Gasteiger partial charge in [-0.1, -0.05) is 29.8 Å². The van der Waals surface area contributed by atoms with Gasteiger partial charge < -0.3 is 15.0 Å². The van der Waals surface area contributed by atoms with Gasteiger partial charge in [0.2, 0.25) is 11.8 Å². The molecule has 1 N–H and O–H groups in total. The lowest BCUT2D eigenvalue weighted by atomic mass is 9.65. The Morgan fingerprint density at radius 2 is 1.76 bits per heavy atom. The molecule has 0 radical (unpaired) electrons. The Bertz CT molecular complexity index is 668. The lowest BCUT2D eigenvalue weighted by Crippen LogP contribution is -2.45. The van der Waals surface area contributed by atoms with Crippen LogP contribution in [-0.4, -0.2) is 50.1 Å². The molecule has 0 aromatic heterocycles. The van der Waals surface area contributed by atoms with Gasteiger partial charge in [0.05, 0.1) is 13.0 Å². The molecule has 1 saturated heterocycles. The highest BCUT2D eigenvalue weighted by Crippen LogP contribution is 2.47. The number of methoxy groups -OCH3 is 1. The second kappa shape index (κ2) is 10.2. The Morgan fingerprint density at radius 3 is 2.38 bits per heavy atom. The number of amides is 2. The lowest BCUT2D eigenvalue weighted by molar-refractivity contribution is -0.133. The van der Waals surface area contributed by atoms with Gasteiger partial charge >= 0.3 is 0 Å². The standard InChI is InChI=1S/C24H36N2O3/c1-19-3-5-20(6-4-19)18-23(28)26-14-11-24(12-15-26)9-7-21(8-10-24)17-22(27)25-13-16-29-2/h3-6,21H,7-18H2,1-2H3,(H,25,27). The monoisotopic (exact) mass is 400 g/mol. The molecular formula is C24H36N2O3. The Kier molecular flexibility index (Phi) is 7.70. The van der Waals surface area contributed by atoms with Crippen LogP contribution in [0.3, 0.4) is 0 Å². The van der Waals surface area contributed by atoms with Gasteiger partial charge in [0, 0.05) is 33.2 Å². The maximum absolute atomic E-state index is 12.7. The molecular weight excluding hydrogens is 364 g/mol. The van der Waals surface area contributed by atoms with Gasteiger partial charge in [-0.3, -0.25) is 9.59 Å². The number of nitrogens with one attached hydrogen (secondary N) is 1. The Balaban J connectivity index is 1.39. The molecule has 1 aromatic rings. The first-order valence-corrected chi connectivity index (χ1v) is 11.1. The van der Waals surface area contributed by atoms with Crippen LogP contribution in [0.5, 0.6) is 0 Å². The topological polar surface area (TPSA) is 58.6 Å². The van der Waals surface area contributed by atoms with E-state index in [4.69, 9.17) is 4.74 Å². The number of nitrogens with zero attached hydrogens (tertiary/aromatic N) is 1. The third-order valence-corrected chi connectivity index (χ3v) is 6.92. The number of ether oxygens (including phenoxy) is 1. The molecule has 5 nitrogen and oxygen atoms in total. The van der Waals surface area contributed by atoms with Gasteiger partial charge in [0.25, 0.3) is 0 Å². The number of aryl methyl sites for hydroxylation is 1. The van der Waals surface area contributed by atoms with Crippen LogP contribution in [0.15, 0.2) is 24.3 Å². The summed E-state index contributed by atoms with van der Waals surface area (Å²) in [4.78, 5) is 26.8. The van der Waals surface area contributed by atoms with Crippen molar-refractivity contribution in [2.75, 3.05) is 33.4 Å². The minimum atomic E-state index is 0.152. The average molecular weight is 401 g/mol. The average Bonchev–Trinajstić information content (AvgIpc) is 2.72. The van der Waals surface area contributed by atoms with E-state index in [0.29, 0.717) is 37.3 Å². The van der Waals surface area contributed by atoms with Crippen LogP contribution in [-0.2, 0) is 20.7 Å². The number of hydrogen-bond acceptors (Lipinski definition) is 3. The van der Waals surface area contributed by atoms with Crippen LogP contribution in [0.25, 0.3) is 0 Å². The summed E-state index contributed by atoms with van der Waals surface area (Å²) in [5.74, 6) is 0.911. The van der Waals surface area contributed by atoms with Gasteiger partial charge in [0.1, 0.15) is 0 Å². The van der Waals surface area contributed by atoms with E-state index in [1.54, 1.807) is 7.11 Å². The van der Waals surface area contributed by atoms with E-state index in [0.717, 1.165) is 44.3 Å². The molecule has 3 rings (SSSR count). The molecule has 2 aliphatic rings. The van der Waals surface area contributed by atoms with Crippen LogP contribution < -0.4 is 5.32 Å². The van der Waals surface area contributed by atoms with Crippen LogP contribution in [0.2, 0.25) is 0 Å². The summed E-state index contributed by atoms with van der Waals surface area (Å²) in [6.07, 6.45) is 8.03. The first-order chi connectivity index (χ1) is 14.0. The van der Waals surface area contributed by atoms with Crippen LogP contribution >= 0.6 is 0 Å². The number of carbonyl (C=O) groups is 2. The molecule has 1 spiro atoms. The molecule has 1 aliphatic carbocycles. The first kappa shape index (κ1) is 21.8. The molecule has 2 fully saturated rings. The maximum atomic E-state index is 12.7. The van der Waals surface area contributed by atoms with Crippen molar-refractivity contribution in [2.24, 2.45) is 11.3 Å². The summed E-state index contributed by atoms with van der Waals surface area (Å²) < 4.78 is 4.98. The van der Waals surface area contributed by atoms with Crippen LogP contribution in [0, 0.1) is 18.3 Å². The van der Waals surface area contributed by atoms with E-state index < -0.39 is 0 Å². The summed E-state index contributed by atoms with van der Waals surface area (Å²) in [6.45, 7) is 5.00. The quantitative estimate of drug-likeness (QED) is 0.713. The highest BCUT2D eigenvalue weighted by Gasteiger charge is 2.39. The van der Waals surface area contributed by atoms with E-state index >= 15 is 0 Å². The zero-order valence-corrected chi connectivity index (χ0v) is 18.0. The second-order valence-electron chi connectivity index (χ2n) is 9.03. The number of benzene rings is 1. The number of rotatable bonds is 7. The third kappa shape index (κ3) is 6.30. The smallest absolute Gasteiger partial charge is 0.226 e. The second-order valence-corrected chi connectivity index (χ2v) is 9.03. The van der Waals surface area contributed by atoms with E-state index in [2.05, 4.69) is 41.4 Å². The predicted octanol–water partition coefficient (Wildman–Crippen LogP) is 3.49. The summed E-state index contributed by atoms with van der Waals surface area (Å²) in [6, 6.07) is 8.27. The highest BCUT2D eigenvalue weighted by molar-refractivity contribution is 5.79. The van der Waals surface area contributed by atoms with Crippen molar-refractivity contribution in [3.63, 3.8) is 0 Å². The summed E-state index contributed by atoms with van der Waals surface area (Å²) in [7, 11) is 1.65. The molecule has 5 heteroatoms. The fourth-order valence-corrected chi connectivity index (χ4v) is 4.84. The molecule has 0 bridgehead atoms. The minimum absolute atomic E-state index is 0.152. The fourth-order valence-electron chi connectivity index (χ4n) is 4.84. The fraction of sp³-hybridized carbons (Fsp3) is 0.667. The molecule has 29 heavy (non-hydrogen) atoms. The van der Waals surface area contributed by atoms with Crippen molar-refractivity contribution in [3.8, 4) is 0 Å². The van der Waals surface area contributed by atoms with Crippen LogP contribution in [0.4, 0.5) is 0 Å². The van der Waals surface area contributed by atoms with Crippen molar-refractivity contribution in [2.45, 2.75) is 58.3 Å². The lowest BCUT2D eigenvalue weighted by Gasteiger charge is -2.46. The molecule has 0 unspecified atom stereocenters. The van der Waals surface area contributed by atoms with E-state index in [1.165, 1.54) is 18.4 Å².